The number of anilines is 1. The molecule has 20 heavy (non-hydrogen) atoms. The topological polar surface area (TPSA) is 78.5 Å². The van der Waals surface area contributed by atoms with Crippen molar-refractivity contribution in [2.24, 2.45) is 0 Å². The van der Waals surface area contributed by atoms with E-state index in [1.54, 1.807) is 0 Å². The van der Waals surface area contributed by atoms with Gasteiger partial charge in [-0.15, -0.1) is 0 Å². The third-order valence-corrected chi connectivity index (χ3v) is 3.59. The average molecular weight is 273 g/mol. The minimum atomic E-state index is -0.499. The maximum atomic E-state index is 12.4. The normalized spacial score (nSPS) is 21.8. The molecule has 0 spiro atoms. The molecule has 0 saturated carbocycles. The van der Waals surface area contributed by atoms with Crippen molar-refractivity contribution in [2.75, 3.05) is 11.9 Å². The number of fused-ring (bicyclic) bond motifs is 1. The third-order valence-electron chi connectivity index (χ3n) is 3.59. The van der Waals surface area contributed by atoms with Gasteiger partial charge in [-0.3, -0.25) is 14.4 Å². The predicted molar refractivity (Wildman–Crippen MR) is 71.7 cm³/mol. The number of hydrogen-bond donors (Lipinski definition) is 2. The van der Waals surface area contributed by atoms with Crippen molar-refractivity contribution in [3.05, 3.63) is 29.8 Å². The molecule has 6 heteroatoms. The van der Waals surface area contributed by atoms with Crippen LogP contribution < -0.4 is 10.6 Å². The quantitative estimate of drug-likeness (QED) is 0.769. The van der Waals surface area contributed by atoms with E-state index in [2.05, 4.69) is 10.6 Å². The van der Waals surface area contributed by atoms with E-state index >= 15 is 0 Å². The second-order valence-electron chi connectivity index (χ2n) is 5.06. The van der Waals surface area contributed by atoms with Crippen molar-refractivity contribution in [1.29, 1.82) is 0 Å². The molecule has 1 saturated heterocycles. The van der Waals surface area contributed by atoms with E-state index in [1.165, 1.54) is 4.90 Å². The Hall–Kier alpha value is -2.37. The van der Waals surface area contributed by atoms with E-state index in [9.17, 15) is 14.4 Å². The van der Waals surface area contributed by atoms with Crippen LogP contribution in [-0.2, 0) is 20.9 Å². The van der Waals surface area contributed by atoms with Crippen LogP contribution in [0.5, 0.6) is 0 Å². The highest BCUT2D eigenvalue weighted by Gasteiger charge is 2.32. The Morgan fingerprint density at radius 3 is 2.70 bits per heavy atom. The first kappa shape index (κ1) is 12.7. The van der Waals surface area contributed by atoms with Crippen LogP contribution in [0.15, 0.2) is 24.3 Å². The van der Waals surface area contributed by atoms with Crippen LogP contribution in [0, 0.1) is 0 Å². The Balaban J connectivity index is 1.82. The monoisotopic (exact) mass is 273 g/mol. The van der Waals surface area contributed by atoms with Crippen LogP contribution in [0.3, 0.4) is 0 Å². The van der Waals surface area contributed by atoms with E-state index < -0.39 is 6.04 Å². The summed E-state index contributed by atoms with van der Waals surface area (Å²) in [6.45, 7) is 0.389. The summed E-state index contributed by atoms with van der Waals surface area (Å²) in [6, 6.07) is 6.91. The number of hydrogen-bond acceptors (Lipinski definition) is 3. The Labute approximate surface area is 116 Å². The number of carbonyl (C=O) groups is 3. The molecule has 2 aliphatic rings. The number of carbonyl (C=O) groups excluding carboxylic acids is 3. The first-order valence-corrected chi connectivity index (χ1v) is 6.59. The molecule has 2 N–H and O–H groups in total. The maximum Gasteiger partial charge on any atom is 0.245 e. The summed E-state index contributed by atoms with van der Waals surface area (Å²) in [7, 11) is 0. The molecule has 0 aliphatic carbocycles. The van der Waals surface area contributed by atoms with Gasteiger partial charge in [0, 0.05) is 18.7 Å². The summed E-state index contributed by atoms with van der Waals surface area (Å²) in [5.74, 6) is -0.515. The molecule has 1 aromatic rings. The van der Waals surface area contributed by atoms with Gasteiger partial charge < -0.3 is 15.5 Å². The summed E-state index contributed by atoms with van der Waals surface area (Å²) in [6.07, 6.45) is 0.866. The van der Waals surface area contributed by atoms with Crippen LogP contribution in [0.25, 0.3) is 0 Å². The van der Waals surface area contributed by atoms with Gasteiger partial charge >= 0.3 is 0 Å². The molecule has 3 rings (SSSR count). The fourth-order valence-electron chi connectivity index (χ4n) is 2.58. The third kappa shape index (κ3) is 2.36. The highest BCUT2D eigenvalue weighted by molar-refractivity contribution is 5.98. The predicted octanol–water partition coefficient (Wildman–Crippen LogP) is 0.246. The summed E-state index contributed by atoms with van der Waals surface area (Å²) in [4.78, 5) is 36.9. The lowest BCUT2D eigenvalue weighted by molar-refractivity contribution is -0.137. The molecule has 104 valence electrons. The number of nitrogens with one attached hydrogen (secondary N) is 2. The maximum absolute atomic E-state index is 12.4. The summed E-state index contributed by atoms with van der Waals surface area (Å²) < 4.78 is 0. The molecule has 1 fully saturated rings. The van der Waals surface area contributed by atoms with Gasteiger partial charge in [-0.25, -0.2) is 0 Å². The molecule has 0 radical (unpaired) electrons. The van der Waals surface area contributed by atoms with Crippen molar-refractivity contribution in [1.82, 2.24) is 10.2 Å². The minimum Gasteiger partial charge on any atom is -0.344 e. The first-order valence-electron chi connectivity index (χ1n) is 6.59. The molecule has 2 aliphatic heterocycles. The molecule has 1 aromatic carbocycles. The van der Waals surface area contributed by atoms with E-state index in [-0.39, 0.29) is 24.3 Å². The highest BCUT2D eigenvalue weighted by atomic mass is 16.2. The van der Waals surface area contributed by atoms with E-state index in [0.29, 0.717) is 19.4 Å². The lowest BCUT2D eigenvalue weighted by Crippen LogP contribution is -2.45. The second-order valence-corrected chi connectivity index (χ2v) is 5.06. The van der Waals surface area contributed by atoms with Crippen LogP contribution in [-0.4, -0.2) is 35.2 Å². The molecular formula is C14H15N3O3. The number of nitrogens with zero attached hydrogens (tertiary/aromatic N) is 1. The zero-order valence-corrected chi connectivity index (χ0v) is 10.9. The SMILES string of the molecule is O=C1CN(C(=O)C2CCC(=O)N2)Cc2ccccc2N1. The zero-order chi connectivity index (χ0) is 14.1. The Kier molecular flexibility index (Phi) is 3.14. The van der Waals surface area contributed by atoms with Gasteiger partial charge in [-0.1, -0.05) is 18.2 Å². The zero-order valence-electron chi connectivity index (χ0n) is 10.9. The van der Waals surface area contributed by atoms with E-state index in [0.717, 1.165) is 11.3 Å². The molecule has 1 unspecified atom stereocenters. The Morgan fingerprint density at radius 2 is 1.95 bits per heavy atom. The molecule has 0 bridgehead atoms. The standard InChI is InChI=1S/C14H15N3O3/c18-12-6-5-11(16-12)14(20)17-7-9-3-1-2-4-10(9)15-13(19)8-17/h1-4,11H,5-8H2,(H,15,19)(H,16,18). The molecule has 6 nitrogen and oxygen atoms in total. The smallest absolute Gasteiger partial charge is 0.245 e. The lowest BCUT2D eigenvalue weighted by atomic mass is 10.1. The van der Waals surface area contributed by atoms with Crippen LogP contribution in [0.1, 0.15) is 18.4 Å². The number of benzene rings is 1. The van der Waals surface area contributed by atoms with E-state index in [1.807, 2.05) is 24.3 Å². The lowest BCUT2D eigenvalue weighted by Gasteiger charge is -2.23. The largest absolute Gasteiger partial charge is 0.344 e. The number of amides is 3. The van der Waals surface area contributed by atoms with Gasteiger partial charge in [-0.2, -0.15) is 0 Å². The number of rotatable bonds is 1. The Bertz CT molecular complexity index is 585. The van der Waals surface area contributed by atoms with Gasteiger partial charge in [0.15, 0.2) is 0 Å². The van der Waals surface area contributed by atoms with Gasteiger partial charge in [-0.05, 0) is 18.1 Å². The molecular weight excluding hydrogens is 258 g/mol. The minimum absolute atomic E-state index is 0.0138. The van der Waals surface area contributed by atoms with Crippen molar-refractivity contribution >= 4 is 23.4 Å². The van der Waals surface area contributed by atoms with Crippen molar-refractivity contribution in [3.63, 3.8) is 0 Å². The average Bonchev–Trinajstić information content (AvgIpc) is 2.77. The summed E-state index contributed by atoms with van der Waals surface area (Å²) >= 11 is 0. The fraction of sp³-hybridized carbons (Fsp3) is 0.357. The van der Waals surface area contributed by atoms with Gasteiger partial charge in [0.2, 0.25) is 17.7 Å². The summed E-state index contributed by atoms with van der Waals surface area (Å²) in [5.41, 5.74) is 1.64. The van der Waals surface area contributed by atoms with Gasteiger partial charge in [0.05, 0.1) is 0 Å². The molecule has 2 heterocycles. The highest BCUT2D eigenvalue weighted by Crippen LogP contribution is 2.21. The van der Waals surface area contributed by atoms with Crippen molar-refractivity contribution in [3.8, 4) is 0 Å². The van der Waals surface area contributed by atoms with Crippen molar-refractivity contribution < 1.29 is 14.4 Å². The first-order chi connectivity index (χ1) is 9.63. The summed E-state index contributed by atoms with van der Waals surface area (Å²) in [5, 5.41) is 5.43. The van der Waals surface area contributed by atoms with E-state index in [4.69, 9.17) is 0 Å². The fourth-order valence-corrected chi connectivity index (χ4v) is 2.58. The molecule has 1 atom stereocenters. The van der Waals surface area contributed by atoms with Crippen LogP contribution in [0.4, 0.5) is 5.69 Å². The second kappa shape index (κ2) is 4.96. The van der Waals surface area contributed by atoms with Gasteiger partial charge in [0.25, 0.3) is 0 Å². The number of para-hydroxylation sites is 1. The molecule has 3 amide bonds. The van der Waals surface area contributed by atoms with Gasteiger partial charge in [0.1, 0.15) is 12.6 Å². The van der Waals surface area contributed by atoms with Crippen molar-refractivity contribution in [2.45, 2.75) is 25.4 Å². The molecule has 0 aromatic heterocycles. The van der Waals surface area contributed by atoms with Crippen LogP contribution >= 0.6 is 0 Å². The van der Waals surface area contributed by atoms with Crippen LogP contribution in [0.2, 0.25) is 0 Å². The Morgan fingerprint density at radius 1 is 1.15 bits per heavy atom.